The summed E-state index contributed by atoms with van der Waals surface area (Å²) in [4.78, 5) is 25.9. The maximum Gasteiger partial charge on any atom is 0.282 e. The Bertz CT molecular complexity index is 658. The van der Waals surface area contributed by atoms with Crippen molar-refractivity contribution in [3.8, 4) is 5.75 Å². The highest BCUT2D eigenvalue weighted by atomic mass is 79.9. The number of nitro groups is 1. The number of benzene rings is 1. The molecule has 0 radical (unpaired) electrons. The van der Waals surface area contributed by atoms with E-state index in [0.29, 0.717) is 8.92 Å². The van der Waals surface area contributed by atoms with E-state index in [1.165, 1.54) is 17.5 Å². The van der Waals surface area contributed by atoms with Crippen LogP contribution in [0.2, 0.25) is 0 Å². The number of aromatic nitrogens is 1. The Morgan fingerprint density at radius 3 is 2.84 bits per heavy atom. The molecule has 2 rings (SSSR count). The van der Waals surface area contributed by atoms with E-state index in [1.807, 2.05) is 0 Å². The highest BCUT2D eigenvalue weighted by Gasteiger charge is 2.21. The van der Waals surface area contributed by atoms with E-state index < -0.39 is 10.8 Å². The molecule has 0 fully saturated rings. The minimum atomic E-state index is -0.704. The lowest BCUT2D eigenvalue weighted by Gasteiger charge is -2.03. The summed E-state index contributed by atoms with van der Waals surface area (Å²) in [6.45, 7) is 0. The molecule has 0 aliphatic carbocycles. The molecule has 0 aliphatic rings. The van der Waals surface area contributed by atoms with Gasteiger partial charge in [0.1, 0.15) is 11.3 Å². The van der Waals surface area contributed by atoms with Crippen molar-refractivity contribution in [2.45, 2.75) is 0 Å². The molecule has 7 nitrogen and oxygen atoms in total. The number of phenols is 1. The highest BCUT2D eigenvalue weighted by Crippen LogP contribution is 2.27. The lowest BCUT2D eigenvalue weighted by molar-refractivity contribution is -0.385. The monoisotopic (exact) mass is 343 g/mol. The first-order valence-corrected chi connectivity index (χ1v) is 6.48. The SMILES string of the molecule is O=C(Nc1ncc(Br)s1)c1cc(O)ccc1[N+](=O)[O-]. The van der Waals surface area contributed by atoms with Crippen LogP contribution in [0, 0.1) is 10.1 Å². The summed E-state index contributed by atoms with van der Waals surface area (Å²) in [5, 5.41) is 22.9. The van der Waals surface area contributed by atoms with Crippen LogP contribution in [0.3, 0.4) is 0 Å². The topological polar surface area (TPSA) is 105 Å². The van der Waals surface area contributed by atoms with E-state index in [9.17, 15) is 20.0 Å². The fourth-order valence-electron chi connectivity index (χ4n) is 1.34. The van der Waals surface area contributed by atoms with Crippen molar-refractivity contribution in [2.24, 2.45) is 0 Å². The van der Waals surface area contributed by atoms with Crippen LogP contribution in [-0.2, 0) is 0 Å². The minimum Gasteiger partial charge on any atom is -0.508 e. The number of hydrogen-bond donors (Lipinski definition) is 2. The Kier molecular flexibility index (Phi) is 3.76. The van der Waals surface area contributed by atoms with Gasteiger partial charge in [0.2, 0.25) is 0 Å². The maximum absolute atomic E-state index is 11.9. The molecule has 0 unspecified atom stereocenters. The number of nitro benzene ring substituents is 1. The van der Waals surface area contributed by atoms with Crippen LogP contribution in [0.1, 0.15) is 10.4 Å². The van der Waals surface area contributed by atoms with Crippen LogP contribution >= 0.6 is 27.3 Å². The van der Waals surface area contributed by atoms with Gasteiger partial charge in [-0.2, -0.15) is 0 Å². The number of aromatic hydroxyl groups is 1. The van der Waals surface area contributed by atoms with Gasteiger partial charge in [-0.15, -0.1) is 0 Å². The number of rotatable bonds is 3. The van der Waals surface area contributed by atoms with Crippen molar-refractivity contribution < 1.29 is 14.8 Å². The van der Waals surface area contributed by atoms with Gasteiger partial charge in [-0.05, 0) is 28.1 Å². The Morgan fingerprint density at radius 1 is 1.53 bits per heavy atom. The summed E-state index contributed by atoms with van der Waals surface area (Å²) in [7, 11) is 0. The van der Waals surface area contributed by atoms with E-state index >= 15 is 0 Å². The Hall–Kier alpha value is -2.00. The third-order valence-electron chi connectivity index (χ3n) is 2.12. The zero-order valence-corrected chi connectivity index (χ0v) is 11.6. The number of carbonyl (C=O) groups is 1. The minimum absolute atomic E-state index is 0.226. The zero-order chi connectivity index (χ0) is 14.0. The van der Waals surface area contributed by atoms with Gasteiger partial charge in [-0.25, -0.2) is 4.98 Å². The second-order valence-corrected chi connectivity index (χ2v) is 5.79. The van der Waals surface area contributed by atoms with Crippen molar-refractivity contribution >= 4 is 44.0 Å². The number of thiazole rings is 1. The predicted octanol–water partition coefficient (Wildman–Crippen LogP) is 2.77. The highest BCUT2D eigenvalue weighted by molar-refractivity contribution is 9.11. The molecule has 2 aromatic rings. The van der Waals surface area contributed by atoms with Gasteiger partial charge in [0.15, 0.2) is 5.13 Å². The lowest BCUT2D eigenvalue weighted by atomic mass is 10.1. The fraction of sp³-hybridized carbons (Fsp3) is 0. The summed E-state index contributed by atoms with van der Waals surface area (Å²) in [6, 6.07) is 3.26. The molecule has 1 amide bonds. The molecule has 1 aromatic carbocycles. The largest absolute Gasteiger partial charge is 0.508 e. The van der Waals surface area contributed by atoms with Gasteiger partial charge in [-0.3, -0.25) is 20.2 Å². The first kappa shape index (κ1) is 13.4. The Morgan fingerprint density at radius 2 is 2.26 bits per heavy atom. The Balaban J connectivity index is 2.32. The number of phenolic OH excluding ortho intramolecular Hbond substituents is 1. The van der Waals surface area contributed by atoms with Crippen LogP contribution in [0.25, 0.3) is 0 Å². The molecule has 0 atom stereocenters. The van der Waals surface area contributed by atoms with Gasteiger partial charge >= 0.3 is 0 Å². The summed E-state index contributed by atoms with van der Waals surface area (Å²) < 4.78 is 0.716. The maximum atomic E-state index is 11.9. The molecule has 0 aliphatic heterocycles. The number of anilines is 1. The van der Waals surface area contributed by atoms with E-state index in [0.717, 1.165) is 18.2 Å². The lowest BCUT2D eigenvalue weighted by Crippen LogP contribution is -2.13. The average Bonchev–Trinajstić information content (AvgIpc) is 2.74. The van der Waals surface area contributed by atoms with Crippen molar-refractivity contribution in [1.82, 2.24) is 4.98 Å². The summed E-state index contributed by atoms with van der Waals surface area (Å²) in [6.07, 6.45) is 1.50. The molecule has 0 bridgehead atoms. The third-order valence-corrected chi connectivity index (χ3v) is 3.51. The average molecular weight is 344 g/mol. The molecule has 2 N–H and O–H groups in total. The first-order valence-electron chi connectivity index (χ1n) is 4.87. The summed E-state index contributed by atoms with van der Waals surface area (Å²) >= 11 is 4.35. The second kappa shape index (κ2) is 5.33. The van der Waals surface area contributed by atoms with Crippen molar-refractivity contribution in [2.75, 3.05) is 5.32 Å². The van der Waals surface area contributed by atoms with Crippen LogP contribution in [0.5, 0.6) is 5.75 Å². The predicted molar refractivity (Wildman–Crippen MR) is 72.5 cm³/mol. The van der Waals surface area contributed by atoms with Gasteiger partial charge in [0.25, 0.3) is 11.6 Å². The smallest absolute Gasteiger partial charge is 0.282 e. The number of carbonyl (C=O) groups excluding carboxylic acids is 1. The number of nitrogens with one attached hydrogen (secondary N) is 1. The number of amides is 1. The molecule has 1 aromatic heterocycles. The molecule has 19 heavy (non-hydrogen) atoms. The van der Waals surface area contributed by atoms with Crippen molar-refractivity contribution in [3.63, 3.8) is 0 Å². The summed E-state index contributed by atoms with van der Waals surface area (Å²) in [5.41, 5.74) is -0.609. The van der Waals surface area contributed by atoms with Crippen LogP contribution in [0.4, 0.5) is 10.8 Å². The second-order valence-electron chi connectivity index (χ2n) is 3.38. The van der Waals surface area contributed by atoms with Gasteiger partial charge in [-0.1, -0.05) is 11.3 Å². The van der Waals surface area contributed by atoms with Gasteiger partial charge < -0.3 is 5.11 Å². The molecule has 0 spiro atoms. The standard InChI is InChI=1S/C10H6BrN3O4S/c11-8-4-12-10(19-8)13-9(16)6-3-5(15)1-2-7(6)14(17)18/h1-4,15H,(H,12,13,16). The normalized spacial score (nSPS) is 10.2. The molecule has 9 heteroatoms. The quantitative estimate of drug-likeness (QED) is 0.658. The van der Waals surface area contributed by atoms with Crippen LogP contribution in [0.15, 0.2) is 28.2 Å². The van der Waals surface area contributed by atoms with E-state index in [-0.39, 0.29) is 17.0 Å². The summed E-state index contributed by atoms with van der Waals surface area (Å²) in [5.74, 6) is -0.930. The third kappa shape index (κ3) is 3.06. The van der Waals surface area contributed by atoms with Gasteiger partial charge in [0, 0.05) is 6.07 Å². The number of hydrogen-bond acceptors (Lipinski definition) is 6. The fourth-order valence-corrected chi connectivity index (χ4v) is 2.44. The van der Waals surface area contributed by atoms with Crippen LogP contribution < -0.4 is 5.32 Å². The van der Waals surface area contributed by atoms with Crippen molar-refractivity contribution in [3.05, 3.63) is 43.9 Å². The van der Waals surface area contributed by atoms with E-state index in [4.69, 9.17) is 0 Å². The molecular formula is C10H6BrN3O4S. The molecule has 98 valence electrons. The van der Waals surface area contributed by atoms with Crippen molar-refractivity contribution in [1.29, 1.82) is 0 Å². The molecule has 0 saturated carbocycles. The Labute approximate surface area is 119 Å². The van der Waals surface area contributed by atoms with E-state index in [1.54, 1.807) is 0 Å². The van der Waals surface area contributed by atoms with E-state index in [2.05, 4.69) is 26.2 Å². The van der Waals surface area contributed by atoms with Gasteiger partial charge in [0.05, 0.1) is 14.9 Å². The molecular weight excluding hydrogens is 338 g/mol. The molecule has 1 heterocycles. The first-order chi connectivity index (χ1) is 8.97. The van der Waals surface area contributed by atoms with Crippen LogP contribution in [-0.4, -0.2) is 20.9 Å². The number of halogens is 1. The molecule has 0 saturated heterocycles. The zero-order valence-electron chi connectivity index (χ0n) is 9.16. The number of nitrogens with zero attached hydrogens (tertiary/aromatic N) is 2.